The highest BCUT2D eigenvalue weighted by atomic mass is 14.9. The molecule has 19 heavy (non-hydrogen) atoms. The summed E-state index contributed by atoms with van der Waals surface area (Å²) >= 11 is 0. The fraction of sp³-hybridized carbons (Fsp3) is 0.529. The summed E-state index contributed by atoms with van der Waals surface area (Å²) in [5, 5.41) is 5.05. The summed E-state index contributed by atoms with van der Waals surface area (Å²) in [6, 6.07) is 8.57. The maximum atomic E-state index is 3.69. The third kappa shape index (κ3) is 2.08. The third-order valence-electron chi connectivity index (χ3n) is 5.28. The molecule has 2 saturated carbocycles. The lowest BCUT2D eigenvalue weighted by molar-refractivity contribution is 0.318. The van der Waals surface area contributed by atoms with Crippen molar-refractivity contribution in [3.8, 4) is 0 Å². The Labute approximate surface area is 114 Å². The van der Waals surface area contributed by atoms with Crippen LogP contribution in [0.25, 0.3) is 10.9 Å². The van der Waals surface area contributed by atoms with Crippen molar-refractivity contribution in [3.63, 3.8) is 0 Å². The molecule has 1 aromatic carbocycles. The molecule has 0 saturated heterocycles. The molecule has 2 heteroatoms. The highest BCUT2D eigenvalue weighted by Crippen LogP contribution is 2.47. The highest BCUT2D eigenvalue weighted by Gasteiger charge is 2.38. The second-order valence-electron chi connectivity index (χ2n) is 6.43. The summed E-state index contributed by atoms with van der Waals surface area (Å²) in [4.78, 5) is 3.35. The average Bonchev–Trinajstić information content (AvgIpc) is 3.14. The Morgan fingerprint density at radius 3 is 2.95 bits per heavy atom. The number of para-hydroxylation sites is 1. The molecule has 3 unspecified atom stereocenters. The van der Waals surface area contributed by atoms with Gasteiger partial charge >= 0.3 is 0 Å². The number of hydrogen-bond donors (Lipinski definition) is 2. The summed E-state index contributed by atoms with van der Waals surface area (Å²) in [5.74, 6) is 3.04. The van der Waals surface area contributed by atoms with Gasteiger partial charge in [0.25, 0.3) is 0 Å². The van der Waals surface area contributed by atoms with Crippen molar-refractivity contribution >= 4 is 10.9 Å². The Morgan fingerprint density at radius 1 is 1.16 bits per heavy atom. The van der Waals surface area contributed by atoms with E-state index in [0.29, 0.717) is 0 Å². The molecule has 1 aromatic heterocycles. The zero-order valence-electron chi connectivity index (χ0n) is 11.4. The number of aromatic amines is 1. The van der Waals surface area contributed by atoms with Gasteiger partial charge in [-0.3, -0.25) is 0 Å². The van der Waals surface area contributed by atoms with Crippen molar-refractivity contribution in [2.45, 2.75) is 32.2 Å². The maximum absolute atomic E-state index is 3.69. The van der Waals surface area contributed by atoms with Crippen LogP contribution in [0.2, 0.25) is 0 Å². The van der Waals surface area contributed by atoms with Gasteiger partial charge in [0.1, 0.15) is 0 Å². The predicted molar refractivity (Wildman–Crippen MR) is 78.9 cm³/mol. The van der Waals surface area contributed by atoms with Crippen molar-refractivity contribution in [3.05, 3.63) is 36.0 Å². The van der Waals surface area contributed by atoms with Gasteiger partial charge in [-0.05, 0) is 55.2 Å². The van der Waals surface area contributed by atoms with Gasteiger partial charge in [0, 0.05) is 23.6 Å². The van der Waals surface area contributed by atoms with E-state index in [1.807, 2.05) is 0 Å². The molecule has 0 spiro atoms. The molecule has 0 aliphatic heterocycles. The van der Waals surface area contributed by atoms with E-state index in [4.69, 9.17) is 0 Å². The Balaban J connectivity index is 1.37. The van der Waals surface area contributed by atoms with Gasteiger partial charge in [-0.1, -0.05) is 24.6 Å². The number of nitrogens with one attached hydrogen (secondary N) is 2. The SMILES string of the molecule is c1ccc2c(CNCC3CC4CCC3C4)c[nH]c2c1. The number of fused-ring (bicyclic) bond motifs is 3. The van der Waals surface area contributed by atoms with E-state index in [0.717, 1.165) is 24.3 Å². The summed E-state index contributed by atoms with van der Waals surface area (Å²) in [7, 11) is 0. The number of hydrogen-bond acceptors (Lipinski definition) is 1. The van der Waals surface area contributed by atoms with E-state index in [9.17, 15) is 0 Å². The largest absolute Gasteiger partial charge is 0.361 e. The van der Waals surface area contributed by atoms with Crippen LogP contribution in [-0.2, 0) is 6.54 Å². The molecule has 2 nitrogen and oxygen atoms in total. The summed E-state index contributed by atoms with van der Waals surface area (Å²) in [6.45, 7) is 2.21. The zero-order valence-corrected chi connectivity index (χ0v) is 11.4. The molecular weight excluding hydrogens is 232 g/mol. The first kappa shape index (κ1) is 11.5. The Bertz CT molecular complexity index is 571. The molecule has 2 aromatic rings. The van der Waals surface area contributed by atoms with E-state index in [1.165, 1.54) is 48.7 Å². The number of aromatic nitrogens is 1. The molecular formula is C17H22N2. The van der Waals surface area contributed by atoms with Crippen molar-refractivity contribution < 1.29 is 0 Å². The highest BCUT2D eigenvalue weighted by molar-refractivity contribution is 5.82. The van der Waals surface area contributed by atoms with Crippen molar-refractivity contribution in [2.24, 2.45) is 17.8 Å². The molecule has 3 atom stereocenters. The molecule has 2 fully saturated rings. The maximum Gasteiger partial charge on any atom is 0.0457 e. The van der Waals surface area contributed by atoms with Crippen LogP contribution >= 0.6 is 0 Å². The van der Waals surface area contributed by atoms with Crippen LogP contribution in [0, 0.1) is 17.8 Å². The van der Waals surface area contributed by atoms with Crippen LogP contribution in [-0.4, -0.2) is 11.5 Å². The lowest BCUT2D eigenvalue weighted by Gasteiger charge is -2.21. The minimum absolute atomic E-state index is 0.948. The third-order valence-corrected chi connectivity index (χ3v) is 5.28. The van der Waals surface area contributed by atoms with Gasteiger partial charge in [-0.25, -0.2) is 0 Å². The molecule has 4 rings (SSSR count). The Kier molecular flexibility index (Phi) is 2.84. The van der Waals surface area contributed by atoms with Crippen molar-refractivity contribution in [2.75, 3.05) is 6.54 Å². The van der Waals surface area contributed by atoms with Crippen LogP contribution in [0.5, 0.6) is 0 Å². The molecule has 2 aliphatic carbocycles. The lowest BCUT2D eigenvalue weighted by Crippen LogP contribution is -2.26. The lowest BCUT2D eigenvalue weighted by atomic mass is 9.89. The molecule has 1 heterocycles. The standard InChI is InChI=1S/C17H22N2/c1-2-4-17-16(3-1)15(11-19-17)10-18-9-14-8-12-5-6-13(14)7-12/h1-4,11-14,18-19H,5-10H2. The van der Waals surface area contributed by atoms with Gasteiger partial charge in [0.15, 0.2) is 0 Å². The summed E-state index contributed by atoms with van der Waals surface area (Å²) < 4.78 is 0. The topological polar surface area (TPSA) is 27.8 Å². The van der Waals surface area contributed by atoms with Crippen molar-refractivity contribution in [1.82, 2.24) is 10.3 Å². The summed E-state index contributed by atoms with van der Waals surface area (Å²) in [6.07, 6.45) is 8.14. The normalized spacial score (nSPS) is 29.4. The first-order chi connectivity index (χ1) is 9.40. The second kappa shape index (κ2) is 4.68. The number of benzene rings is 1. The molecule has 0 radical (unpaired) electrons. The first-order valence-electron chi connectivity index (χ1n) is 7.66. The molecule has 0 amide bonds. The second-order valence-corrected chi connectivity index (χ2v) is 6.43. The number of rotatable bonds is 4. The monoisotopic (exact) mass is 254 g/mol. The van der Waals surface area contributed by atoms with Gasteiger partial charge in [-0.15, -0.1) is 0 Å². The van der Waals surface area contributed by atoms with Crippen LogP contribution in [0.3, 0.4) is 0 Å². The fourth-order valence-electron chi connectivity index (χ4n) is 4.30. The first-order valence-corrected chi connectivity index (χ1v) is 7.66. The van der Waals surface area contributed by atoms with Crippen LogP contribution < -0.4 is 5.32 Å². The minimum atomic E-state index is 0.948. The number of H-pyrrole nitrogens is 1. The van der Waals surface area contributed by atoms with E-state index in [1.54, 1.807) is 0 Å². The van der Waals surface area contributed by atoms with Crippen LogP contribution in [0.1, 0.15) is 31.2 Å². The average molecular weight is 254 g/mol. The Morgan fingerprint density at radius 2 is 2.11 bits per heavy atom. The molecule has 2 bridgehead atoms. The van der Waals surface area contributed by atoms with Crippen molar-refractivity contribution in [1.29, 1.82) is 0 Å². The van der Waals surface area contributed by atoms with E-state index in [2.05, 4.69) is 40.8 Å². The van der Waals surface area contributed by atoms with Crippen LogP contribution in [0.15, 0.2) is 30.5 Å². The fourth-order valence-corrected chi connectivity index (χ4v) is 4.30. The summed E-state index contributed by atoms with van der Waals surface area (Å²) in [5.41, 5.74) is 2.65. The van der Waals surface area contributed by atoms with E-state index in [-0.39, 0.29) is 0 Å². The molecule has 2 aliphatic rings. The van der Waals surface area contributed by atoms with Gasteiger partial charge < -0.3 is 10.3 Å². The van der Waals surface area contributed by atoms with E-state index >= 15 is 0 Å². The quantitative estimate of drug-likeness (QED) is 0.855. The minimum Gasteiger partial charge on any atom is -0.361 e. The molecule has 100 valence electrons. The Hall–Kier alpha value is -1.28. The predicted octanol–water partition coefficient (Wildman–Crippen LogP) is 3.69. The smallest absolute Gasteiger partial charge is 0.0457 e. The van der Waals surface area contributed by atoms with Gasteiger partial charge in [0.05, 0.1) is 0 Å². The van der Waals surface area contributed by atoms with Gasteiger partial charge in [-0.2, -0.15) is 0 Å². The van der Waals surface area contributed by atoms with Crippen LogP contribution in [0.4, 0.5) is 0 Å². The van der Waals surface area contributed by atoms with E-state index < -0.39 is 0 Å². The van der Waals surface area contributed by atoms with Gasteiger partial charge in [0.2, 0.25) is 0 Å². The zero-order chi connectivity index (χ0) is 12.7. The molecule has 2 N–H and O–H groups in total.